The number of aliphatic hydroxyl groups excluding tert-OH is 1. The van der Waals surface area contributed by atoms with E-state index in [1.807, 2.05) is 0 Å². The number of carbonyl (C=O) groups is 2. The molecule has 2 aromatic rings. The van der Waals surface area contributed by atoms with Crippen molar-refractivity contribution in [3.8, 4) is 0 Å². The molecule has 1 aliphatic rings. The lowest BCUT2D eigenvalue weighted by atomic mass is 10.1. The van der Waals surface area contributed by atoms with Gasteiger partial charge in [-0.3, -0.25) is 14.2 Å². The predicted octanol–water partition coefficient (Wildman–Crippen LogP) is -0.530. The molecule has 0 aliphatic carbocycles. The van der Waals surface area contributed by atoms with E-state index >= 15 is 0 Å². The number of aromatic nitrogens is 4. The van der Waals surface area contributed by atoms with E-state index in [4.69, 9.17) is 19.9 Å². The maximum absolute atomic E-state index is 11.6. The molecular formula is C15H19N5O6. The van der Waals surface area contributed by atoms with Crippen LogP contribution in [0.4, 0.5) is 5.95 Å². The zero-order valence-corrected chi connectivity index (χ0v) is 14.4. The first-order chi connectivity index (χ1) is 12.3. The van der Waals surface area contributed by atoms with Crippen molar-refractivity contribution < 1.29 is 28.9 Å². The highest BCUT2D eigenvalue weighted by molar-refractivity contribution is 5.74. The van der Waals surface area contributed by atoms with Gasteiger partial charge in [-0.05, 0) is 6.92 Å². The van der Waals surface area contributed by atoms with Crippen molar-refractivity contribution in [1.29, 1.82) is 0 Å². The summed E-state index contributed by atoms with van der Waals surface area (Å²) in [4.78, 5) is 35.5. The molecule has 4 atom stereocenters. The molecule has 2 aromatic heterocycles. The number of fused-ring (bicyclic) bond motifs is 1. The molecule has 3 N–H and O–H groups in total. The van der Waals surface area contributed by atoms with Gasteiger partial charge >= 0.3 is 11.9 Å². The molecule has 11 heteroatoms. The first kappa shape index (κ1) is 18.0. The zero-order valence-electron chi connectivity index (χ0n) is 14.4. The molecule has 1 fully saturated rings. The van der Waals surface area contributed by atoms with E-state index in [2.05, 4.69) is 15.0 Å². The topological polar surface area (TPSA) is 152 Å². The van der Waals surface area contributed by atoms with Gasteiger partial charge in [0.05, 0.1) is 18.6 Å². The average molecular weight is 365 g/mol. The molecule has 26 heavy (non-hydrogen) atoms. The first-order valence-corrected chi connectivity index (χ1v) is 7.89. The van der Waals surface area contributed by atoms with E-state index in [1.54, 1.807) is 6.92 Å². The van der Waals surface area contributed by atoms with E-state index in [9.17, 15) is 14.7 Å². The number of nitrogen functional groups attached to an aromatic ring is 1. The first-order valence-electron chi connectivity index (χ1n) is 7.89. The van der Waals surface area contributed by atoms with Crippen molar-refractivity contribution in [2.75, 3.05) is 12.3 Å². The largest absolute Gasteiger partial charge is 0.456 e. The second-order valence-corrected chi connectivity index (χ2v) is 5.89. The molecule has 0 amide bonds. The van der Waals surface area contributed by atoms with Crippen molar-refractivity contribution in [2.24, 2.45) is 0 Å². The number of esters is 2. The van der Waals surface area contributed by atoms with Gasteiger partial charge in [0.25, 0.3) is 0 Å². The summed E-state index contributed by atoms with van der Waals surface area (Å²) in [6.45, 7) is 3.74. The molecule has 3 rings (SSSR count). The number of carbonyl (C=O) groups excluding carboxylic acids is 2. The summed E-state index contributed by atoms with van der Waals surface area (Å²) >= 11 is 0. The van der Waals surface area contributed by atoms with Crippen LogP contribution in [-0.4, -0.2) is 61.5 Å². The van der Waals surface area contributed by atoms with E-state index in [0.29, 0.717) is 16.9 Å². The fraction of sp³-hybridized carbons (Fsp3) is 0.533. The number of nitrogens with zero attached hydrogens (tertiary/aromatic N) is 4. The van der Waals surface area contributed by atoms with Gasteiger partial charge in [-0.2, -0.15) is 4.98 Å². The van der Waals surface area contributed by atoms with Crippen LogP contribution in [0.15, 0.2) is 6.33 Å². The van der Waals surface area contributed by atoms with Crippen LogP contribution < -0.4 is 5.73 Å². The van der Waals surface area contributed by atoms with Gasteiger partial charge in [-0.25, -0.2) is 9.97 Å². The third kappa shape index (κ3) is 3.18. The number of imidazole rings is 1. The van der Waals surface area contributed by atoms with Gasteiger partial charge < -0.3 is 25.1 Å². The van der Waals surface area contributed by atoms with Crippen molar-refractivity contribution in [3.63, 3.8) is 0 Å². The van der Waals surface area contributed by atoms with Crippen LogP contribution in [0.25, 0.3) is 11.2 Å². The second kappa shape index (κ2) is 6.84. The molecular weight excluding hydrogens is 346 g/mol. The van der Waals surface area contributed by atoms with Crippen LogP contribution >= 0.6 is 0 Å². The van der Waals surface area contributed by atoms with E-state index in [-0.39, 0.29) is 5.95 Å². The summed E-state index contributed by atoms with van der Waals surface area (Å²) in [5.74, 6) is -1.13. The number of nitrogens with two attached hydrogens (primary N) is 1. The fourth-order valence-electron chi connectivity index (χ4n) is 3.00. The van der Waals surface area contributed by atoms with Gasteiger partial charge in [-0.1, -0.05) is 0 Å². The lowest BCUT2D eigenvalue weighted by molar-refractivity contribution is -0.165. The molecule has 0 spiro atoms. The lowest BCUT2D eigenvalue weighted by Crippen LogP contribution is -2.40. The molecule has 3 heterocycles. The number of aryl methyl sites for hydroxylation is 1. The standard InChI is InChI=1S/C15H19N5O6/c1-6-10-13(19-15(16)18-6)20(5-17-10)14-12(25-8(3)23)11(24-7(2)22)9(4-21)26-14/h5,9,11-12,14,21H,4H2,1-3H3,(H2,16,18,19)/t9-,11?,12?,14-/m1/s1. The average Bonchev–Trinajstić information content (AvgIpc) is 3.09. The maximum atomic E-state index is 11.6. The van der Waals surface area contributed by atoms with E-state index in [0.717, 1.165) is 0 Å². The van der Waals surface area contributed by atoms with Gasteiger partial charge in [0.1, 0.15) is 11.6 Å². The maximum Gasteiger partial charge on any atom is 0.303 e. The number of anilines is 1. The Kier molecular flexibility index (Phi) is 4.74. The fourth-order valence-corrected chi connectivity index (χ4v) is 3.00. The van der Waals surface area contributed by atoms with Crippen LogP contribution in [0.3, 0.4) is 0 Å². The van der Waals surface area contributed by atoms with Gasteiger partial charge in [-0.15, -0.1) is 0 Å². The molecule has 2 unspecified atom stereocenters. The summed E-state index contributed by atoms with van der Waals surface area (Å²) < 4.78 is 17.9. The minimum atomic E-state index is -0.998. The number of ether oxygens (including phenoxy) is 3. The lowest BCUT2D eigenvalue weighted by Gasteiger charge is -2.23. The highest BCUT2D eigenvalue weighted by Crippen LogP contribution is 2.35. The Bertz CT molecular complexity index is 852. The number of hydrogen-bond donors (Lipinski definition) is 2. The third-order valence-corrected chi connectivity index (χ3v) is 3.96. The molecule has 0 saturated carbocycles. The minimum absolute atomic E-state index is 0.0500. The summed E-state index contributed by atoms with van der Waals surface area (Å²) in [6.07, 6.45) is -2.34. The Morgan fingerprint density at radius 2 is 1.92 bits per heavy atom. The SMILES string of the molecule is CC(=O)OC1C(OC(C)=O)[C@@H](CO)O[C@H]1n1cnc2c(C)nc(N)nc21. The molecule has 0 aromatic carbocycles. The third-order valence-electron chi connectivity index (χ3n) is 3.96. The summed E-state index contributed by atoms with van der Waals surface area (Å²) in [6, 6.07) is 0. The van der Waals surface area contributed by atoms with Crippen molar-refractivity contribution in [1.82, 2.24) is 19.5 Å². The Morgan fingerprint density at radius 1 is 1.27 bits per heavy atom. The number of hydrogen-bond acceptors (Lipinski definition) is 10. The quantitative estimate of drug-likeness (QED) is 0.676. The number of rotatable bonds is 4. The van der Waals surface area contributed by atoms with Crippen LogP contribution in [-0.2, 0) is 23.8 Å². The van der Waals surface area contributed by atoms with Crippen LogP contribution in [0, 0.1) is 6.92 Å². The summed E-state index contributed by atoms with van der Waals surface area (Å²) in [5.41, 5.74) is 7.16. The monoisotopic (exact) mass is 365 g/mol. The predicted molar refractivity (Wildman–Crippen MR) is 86.6 cm³/mol. The highest BCUT2D eigenvalue weighted by Gasteiger charge is 2.50. The molecule has 1 aliphatic heterocycles. The Morgan fingerprint density at radius 3 is 2.54 bits per heavy atom. The van der Waals surface area contributed by atoms with Gasteiger partial charge in [0.2, 0.25) is 5.95 Å². The van der Waals surface area contributed by atoms with Crippen LogP contribution in [0.1, 0.15) is 25.8 Å². The van der Waals surface area contributed by atoms with Crippen molar-refractivity contribution in [2.45, 2.75) is 45.3 Å². The zero-order chi connectivity index (χ0) is 19.0. The normalized spacial score (nSPS) is 25.4. The van der Waals surface area contributed by atoms with Crippen LogP contribution in [0.5, 0.6) is 0 Å². The molecule has 0 bridgehead atoms. The summed E-state index contributed by atoms with van der Waals surface area (Å²) in [7, 11) is 0. The Balaban J connectivity index is 2.07. The highest BCUT2D eigenvalue weighted by atomic mass is 16.6. The minimum Gasteiger partial charge on any atom is -0.456 e. The molecule has 0 radical (unpaired) electrons. The number of aliphatic hydroxyl groups is 1. The van der Waals surface area contributed by atoms with Crippen molar-refractivity contribution >= 4 is 29.1 Å². The van der Waals surface area contributed by atoms with Gasteiger partial charge in [0.15, 0.2) is 24.1 Å². The molecule has 1 saturated heterocycles. The van der Waals surface area contributed by atoms with E-state index in [1.165, 1.54) is 24.7 Å². The second-order valence-electron chi connectivity index (χ2n) is 5.89. The Hall–Kier alpha value is -2.79. The van der Waals surface area contributed by atoms with E-state index < -0.39 is 43.1 Å². The molecule has 140 valence electrons. The summed E-state index contributed by atoms with van der Waals surface area (Å²) in [5, 5.41) is 9.59. The Labute approximate surface area is 148 Å². The molecule has 11 nitrogen and oxygen atoms in total. The smallest absolute Gasteiger partial charge is 0.303 e. The van der Waals surface area contributed by atoms with Gasteiger partial charge in [0, 0.05) is 13.8 Å². The van der Waals surface area contributed by atoms with Crippen LogP contribution in [0.2, 0.25) is 0 Å². The van der Waals surface area contributed by atoms with Crippen molar-refractivity contribution in [3.05, 3.63) is 12.0 Å².